The van der Waals surface area contributed by atoms with Crippen LogP contribution in [0.4, 0.5) is 4.79 Å². The van der Waals surface area contributed by atoms with Gasteiger partial charge in [0.25, 0.3) is 0 Å². The maximum atomic E-state index is 12.0. The molecule has 1 saturated carbocycles. The van der Waals surface area contributed by atoms with Gasteiger partial charge in [-0.1, -0.05) is 43.2 Å². The highest BCUT2D eigenvalue weighted by Gasteiger charge is 2.24. The third-order valence-corrected chi connectivity index (χ3v) is 4.04. The van der Waals surface area contributed by atoms with E-state index >= 15 is 0 Å². The van der Waals surface area contributed by atoms with E-state index in [1.54, 1.807) is 12.1 Å². The maximum Gasteiger partial charge on any atom is 0.423 e. The SMILES string of the molecule is O=C(Oc1ccccc1)N1C=CC(C2CCCC2)C=C1. The van der Waals surface area contributed by atoms with Crippen LogP contribution in [0.5, 0.6) is 5.75 Å². The number of ether oxygens (including phenoxy) is 1. The van der Waals surface area contributed by atoms with Crippen molar-refractivity contribution in [2.75, 3.05) is 0 Å². The maximum absolute atomic E-state index is 12.0. The van der Waals surface area contributed by atoms with Crippen LogP contribution in [-0.2, 0) is 0 Å². The summed E-state index contributed by atoms with van der Waals surface area (Å²) < 4.78 is 5.30. The van der Waals surface area contributed by atoms with Crippen molar-refractivity contribution in [3.8, 4) is 5.75 Å². The van der Waals surface area contributed by atoms with Crippen LogP contribution >= 0.6 is 0 Å². The summed E-state index contributed by atoms with van der Waals surface area (Å²) in [5.41, 5.74) is 0. The van der Waals surface area contributed by atoms with Gasteiger partial charge in [-0.05, 0) is 30.9 Å². The molecule has 1 heterocycles. The molecule has 0 N–H and O–H groups in total. The van der Waals surface area contributed by atoms with Gasteiger partial charge in [-0.25, -0.2) is 4.79 Å². The standard InChI is InChI=1S/C17H19NO2/c19-17(20-16-8-2-1-3-9-16)18-12-10-15(11-13-18)14-6-4-5-7-14/h1-3,8-15H,4-7H2. The molecular formula is C17H19NO2. The molecule has 3 nitrogen and oxygen atoms in total. The van der Waals surface area contributed by atoms with Crippen LogP contribution in [0.3, 0.4) is 0 Å². The lowest BCUT2D eigenvalue weighted by molar-refractivity contribution is 0.181. The molecule has 20 heavy (non-hydrogen) atoms. The van der Waals surface area contributed by atoms with E-state index in [2.05, 4.69) is 12.2 Å². The number of hydrogen-bond acceptors (Lipinski definition) is 2. The second-order valence-corrected chi connectivity index (χ2v) is 5.39. The van der Waals surface area contributed by atoms with Crippen molar-refractivity contribution in [3.05, 3.63) is 54.9 Å². The van der Waals surface area contributed by atoms with Crippen molar-refractivity contribution in [3.63, 3.8) is 0 Å². The van der Waals surface area contributed by atoms with Gasteiger partial charge in [0.1, 0.15) is 5.75 Å². The van der Waals surface area contributed by atoms with Gasteiger partial charge in [-0.15, -0.1) is 0 Å². The quantitative estimate of drug-likeness (QED) is 0.799. The highest BCUT2D eigenvalue weighted by atomic mass is 16.6. The van der Waals surface area contributed by atoms with Gasteiger partial charge in [0.2, 0.25) is 0 Å². The van der Waals surface area contributed by atoms with Crippen molar-refractivity contribution in [1.29, 1.82) is 0 Å². The van der Waals surface area contributed by atoms with E-state index in [1.165, 1.54) is 30.6 Å². The molecule has 0 radical (unpaired) electrons. The van der Waals surface area contributed by atoms with Crippen LogP contribution < -0.4 is 4.74 Å². The molecule has 1 fully saturated rings. The van der Waals surface area contributed by atoms with E-state index in [0.29, 0.717) is 11.7 Å². The summed E-state index contributed by atoms with van der Waals surface area (Å²) >= 11 is 0. The molecule has 0 saturated heterocycles. The molecule has 1 aliphatic heterocycles. The van der Waals surface area contributed by atoms with E-state index in [9.17, 15) is 4.79 Å². The first-order chi connectivity index (χ1) is 9.83. The number of hydrogen-bond donors (Lipinski definition) is 0. The Hall–Kier alpha value is -2.03. The number of allylic oxidation sites excluding steroid dienone is 2. The molecule has 0 spiro atoms. The van der Waals surface area contributed by atoms with Gasteiger partial charge in [-0.2, -0.15) is 0 Å². The van der Waals surface area contributed by atoms with Crippen molar-refractivity contribution >= 4 is 6.09 Å². The molecule has 1 amide bonds. The lowest BCUT2D eigenvalue weighted by Crippen LogP contribution is -2.26. The topological polar surface area (TPSA) is 29.5 Å². The van der Waals surface area contributed by atoms with Crippen LogP contribution in [0.1, 0.15) is 25.7 Å². The predicted molar refractivity (Wildman–Crippen MR) is 78.0 cm³/mol. The second-order valence-electron chi connectivity index (χ2n) is 5.39. The Morgan fingerprint density at radius 3 is 2.35 bits per heavy atom. The molecule has 0 unspecified atom stereocenters. The summed E-state index contributed by atoms with van der Waals surface area (Å²) in [6.45, 7) is 0. The van der Waals surface area contributed by atoms with Gasteiger partial charge in [0.15, 0.2) is 0 Å². The second kappa shape index (κ2) is 5.95. The molecule has 1 aromatic carbocycles. The first-order valence-corrected chi connectivity index (χ1v) is 7.25. The number of benzene rings is 1. The molecule has 3 rings (SSSR count). The minimum atomic E-state index is -0.367. The minimum absolute atomic E-state index is 0.367. The number of amides is 1. The largest absolute Gasteiger partial charge is 0.423 e. The van der Waals surface area contributed by atoms with Crippen LogP contribution in [0.25, 0.3) is 0 Å². The smallest absolute Gasteiger partial charge is 0.410 e. The van der Waals surface area contributed by atoms with Crippen molar-refractivity contribution in [2.45, 2.75) is 25.7 Å². The molecule has 0 atom stereocenters. The molecule has 0 aromatic heterocycles. The van der Waals surface area contributed by atoms with E-state index in [1.807, 2.05) is 30.6 Å². The van der Waals surface area contributed by atoms with Gasteiger partial charge in [0, 0.05) is 18.3 Å². The Kier molecular flexibility index (Phi) is 3.86. The van der Waals surface area contributed by atoms with Crippen LogP contribution in [0, 0.1) is 11.8 Å². The van der Waals surface area contributed by atoms with Gasteiger partial charge in [-0.3, -0.25) is 4.90 Å². The van der Waals surface area contributed by atoms with Crippen LogP contribution in [0.15, 0.2) is 54.9 Å². The lowest BCUT2D eigenvalue weighted by atomic mass is 9.90. The van der Waals surface area contributed by atoms with E-state index in [4.69, 9.17) is 4.74 Å². The third-order valence-electron chi connectivity index (χ3n) is 4.04. The summed E-state index contributed by atoms with van der Waals surface area (Å²) in [5, 5.41) is 0. The summed E-state index contributed by atoms with van der Waals surface area (Å²) in [6.07, 6.45) is 12.8. The minimum Gasteiger partial charge on any atom is -0.410 e. The summed E-state index contributed by atoms with van der Waals surface area (Å²) in [7, 11) is 0. The Balaban J connectivity index is 1.58. The zero-order valence-corrected chi connectivity index (χ0v) is 11.4. The first kappa shape index (κ1) is 13.0. The predicted octanol–water partition coefficient (Wildman–Crippen LogP) is 4.33. The van der Waals surface area contributed by atoms with Crippen molar-refractivity contribution in [1.82, 2.24) is 4.90 Å². The van der Waals surface area contributed by atoms with Crippen LogP contribution in [-0.4, -0.2) is 11.0 Å². The first-order valence-electron chi connectivity index (χ1n) is 7.25. The third kappa shape index (κ3) is 2.93. The number of nitrogens with zero attached hydrogens (tertiary/aromatic N) is 1. The van der Waals surface area contributed by atoms with Gasteiger partial charge >= 0.3 is 6.09 Å². The fourth-order valence-corrected chi connectivity index (χ4v) is 2.92. The molecule has 1 aromatic rings. The molecule has 3 heteroatoms. The zero-order valence-electron chi connectivity index (χ0n) is 11.4. The van der Waals surface area contributed by atoms with Crippen molar-refractivity contribution < 1.29 is 9.53 Å². The highest BCUT2D eigenvalue weighted by Crippen LogP contribution is 2.34. The highest BCUT2D eigenvalue weighted by molar-refractivity contribution is 5.73. The van der Waals surface area contributed by atoms with Gasteiger partial charge < -0.3 is 4.74 Å². The Morgan fingerprint density at radius 2 is 1.70 bits per heavy atom. The average molecular weight is 269 g/mol. The molecular weight excluding hydrogens is 250 g/mol. The molecule has 104 valence electrons. The summed E-state index contributed by atoms with van der Waals surface area (Å²) in [6, 6.07) is 9.14. The molecule has 2 aliphatic rings. The molecule has 1 aliphatic carbocycles. The zero-order chi connectivity index (χ0) is 13.8. The fourth-order valence-electron chi connectivity index (χ4n) is 2.92. The normalized spacial score (nSPS) is 19.5. The Bertz CT molecular complexity index is 501. The van der Waals surface area contributed by atoms with Gasteiger partial charge in [0.05, 0.1) is 0 Å². The summed E-state index contributed by atoms with van der Waals surface area (Å²) in [5.74, 6) is 1.78. The number of carbonyl (C=O) groups is 1. The van der Waals surface area contributed by atoms with E-state index in [0.717, 1.165) is 5.92 Å². The Morgan fingerprint density at radius 1 is 1.05 bits per heavy atom. The number of para-hydroxylation sites is 1. The monoisotopic (exact) mass is 269 g/mol. The van der Waals surface area contributed by atoms with Crippen LogP contribution in [0.2, 0.25) is 0 Å². The molecule has 0 bridgehead atoms. The van der Waals surface area contributed by atoms with E-state index in [-0.39, 0.29) is 6.09 Å². The Labute approximate surface area is 119 Å². The number of carbonyl (C=O) groups excluding carboxylic acids is 1. The number of rotatable bonds is 2. The average Bonchev–Trinajstić information content (AvgIpc) is 3.03. The van der Waals surface area contributed by atoms with E-state index < -0.39 is 0 Å². The lowest BCUT2D eigenvalue weighted by Gasteiger charge is -2.23. The fraction of sp³-hybridized carbons (Fsp3) is 0.353. The van der Waals surface area contributed by atoms with Crippen molar-refractivity contribution in [2.24, 2.45) is 11.8 Å². The summed E-state index contributed by atoms with van der Waals surface area (Å²) in [4.78, 5) is 13.5.